The molecule has 0 aliphatic carbocycles. The van der Waals surface area contributed by atoms with E-state index in [0.717, 1.165) is 5.56 Å². The lowest BCUT2D eigenvalue weighted by Crippen LogP contribution is -2.38. The van der Waals surface area contributed by atoms with Crippen LogP contribution < -0.4 is 14.2 Å². The summed E-state index contributed by atoms with van der Waals surface area (Å²) in [6.07, 6.45) is 0. The second kappa shape index (κ2) is 10.0. The molecule has 1 atom stereocenters. The van der Waals surface area contributed by atoms with E-state index < -0.39 is 27.7 Å². The smallest absolute Gasteiger partial charge is 0.419 e. The number of carbonyl (C=O) groups excluding carboxylic acids is 1. The van der Waals surface area contributed by atoms with Gasteiger partial charge in [-0.2, -0.15) is 9.51 Å². The summed E-state index contributed by atoms with van der Waals surface area (Å²) in [5.74, 6) is -0.270. The van der Waals surface area contributed by atoms with E-state index in [1.165, 1.54) is 38.5 Å². The van der Waals surface area contributed by atoms with Crippen LogP contribution in [0.3, 0.4) is 0 Å². The van der Waals surface area contributed by atoms with Gasteiger partial charge >= 0.3 is 11.7 Å². The molecule has 30 heavy (non-hydrogen) atoms. The van der Waals surface area contributed by atoms with Gasteiger partial charge in [0.1, 0.15) is 11.5 Å². The molecule has 1 unspecified atom stereocenters. The van der Waals surface area contributed by atoms with Crippen LogP contribution in [-0.2, 0) is 19.6 Å². The number of nitrogens with one attached hydrogen (secondary N) is 1. The lowest BCUT2D eigenvalue weighted by molar-refractivity contribution is -0.140. The molecule has 9 nitrogen and oxygen atoms in total. The predicted molar refractivity (Wildman–Crippen MR) is 109 cm³/mol. The fourth-order valence-electron chi connectivity index (χ4n) is 2.64. The molecule has 2 rings (SSSR count). The molecule has 0 aliphatic rings. The van der Waals surface area contributed by atoms with Crippen molar-refractivity contribution in [1.29, 1.82) is 0 Å². The summed E-state index contributed by atoms with van der Waals surface area (Å²) in [4.78, 5) is 15.4. The van der Waals surface area contributed by atoms with Gasteiger partial charge in [0.15, 0.2) is 6.04 Å². The van der Waals surface area contributed by atoms with E-state index in [4.69, 9.17) is 14.2 Å². The van der Waals surface area contributed by atoms with Crippen LogP contribution in [0.2, 0.25) is 0 Å². The minimum atomic E-state index is -4.10. The lowest BCUT2D eigenvalue weighted by Gasteiger charge is -2.17. The number of methoxy groups -OCH3 is 2. The molecule has 0 fully saturated rings. The average Bonchev–Trinajstić information content (AvgIpc) is 2.73. The van der Waals surface area contributed by atoms with E-state index in [-0.39, 0.29) is 17.1 Å². The van der Waals surface area contributed by atoms with Crippen LogP contribution in [0.25, 0.3) is 5.53 Å². The zero-order chi connectivity index (χ0) is 22.3. The number of aryl methyl sites for hydroxylation is 1. The normalized spacial score (nSPS) is 11.9. The first kappa shape index (κ1) is 23.1. The van der Waals surface area contributed by atoms with Crippen LogP contribution in [0.15, 0.2) is 47.4 Å². The van der Waals surface area contributed by atoms with Crippen LogP contribution in [0, 0.1) is 6.92 Å². The van der Waals surface area contributed by atoms with E-state index in [1.807, 2.05) is 6.92 Å². The molecule has 2 aromatic carbocycles. The van der Waals surface area contributed by atoms with E-state index in [9.17, 15) is 18.7 Å². The Hall–Kier alpha value is -3.20. The fourth-order valence-corrected chi connectivity index (χ4v) is 3.83. The zero-order valence-electron chi connectivity index (χ0n) is 17.1. The van der Waals surface area contributed by atoms with Gasteiger partial charge in [-0.1, -0.05) is 17.7 Å². The molecule has 160 valence electrons. The van der Waals surface area contributed by atoms with Crippen molar-refractivity contribution in [2.75, 3.05) is 20.8 Å². The van der Waals surface area contributed by atoms with Crippen LogP contribution >= 0.6 is 0 Å². The third-order valence-corrected chi connectivity index (χ3v) is 5.62. The van der Waals surface area contributed by atoms with E-state index >= 15 is 0 Å². The number of carbonyl (C=O) groups is 1. The Balaban J connectivity index is 2.61. The number of hydrogen-bond donors (Lipinski definition) is 1. The Morgan fingerprint density at radius 3 is 2.13 bits per heavy atom. The molecule has 0 bridgehead atoms. The number of nitrogens with zero attached hydrogens (tertiary/aromatic N) is 2. The highest BCUT2D eigenvalue weighted by Gasteiger charge is 2.38. The molecule has 1 N–H and O–H groups in total. The van der Waals surface area contributed by atoms with Gasteiger partial charge in [0.25, 0.3) is 0 Å². The number of ether oxygens (including phenoxy) is 3. The van der Waals surface area contributed by atoms with Crippen molar-refractivity contribution in [3.05, 3.63) is 59.1 Å². The van der Waals surface area contributed by atoms with Crippen LogP contribution in [0.1, 0.15) is 24.1 Å². The third kappa shape index (κ3) is 5.44. The molecule has 0 spiro atoms. The van der Waals surface area contributed by atoms with Gasteiger partial charge in [0, 0.05) is 6.07 Å². The van der Waals surface area contributed by atoms with Crippen molar-refractivity contribution < 1.29 is 32.2 Å². The molecule has 0 aliphatic heterocycles. The highest BCUT2D eigenvalue weighted by atomic mass is 32.2. The first-order chi connectivity index (χ1) is 14.2. The van der Waals surface area contributed by atoms with Gasteiger partial charge < -0.3 is 19.7 Å². The zero-order valence-corrected chi connectivity index (χ0v) is 17.9. The highest BCUT2D eigenvalue weighted by Crippen LogP contribution is 2.28. The summed E-state index contributed by atoms with van der Waals surface area (Å²) in [7, 11) is -1.24. The number of benzene rings is 2. The van der Waals surface area contributed by atoms with Crippen LogP contribution in [0.5, 0.6) is 11.5 Å². The Morgan fingerprint density at radius 1 is 1.10 bits per heavy atom. The number of rotatable bonds is 9. The number of esters is 1. The predicted octanol–water partition coefficient (Wildman–Crippen LogP) is 2.27. The maximum absolute atomic E-state index is 13.0. The summed E-state index contributed by atoms with van der Waals surface area (Å²) in [5, 5.41) is 0. The Kier molecular flexibility index (Phi) is 7.71. The Labute approximate surface area is 175 Å². The average molecular weight is 433 g/mol. The van der Waals surface area contributed by atoms with Gasteiger partial charge in [0.2, 0.25) is 10.0 Å². The van der Waals surface area contributed by atoms with Crippen LogP contribution in [0.4, 0.5) is 0 Å². The Bertz CT molecular complexity index is 1040. The SMILES string of the molecule is CCOC(=O)C(=[N+]=[N-])C(NS(=O)(=O)c1ccc(C)cc1)c1cc(OC)cc(OC)c1. The first-order valence-electron chi connectivity index (χ1n) is 8.96. The van der Waals surface area contributed by atoms with Crippen molar-refractivity contribution in [2.24, 2.45) is 0 Å². The topological polar surface area (TPSA) is 127 Å². The molecule has 2 aromatic rings. The van der Waals surface area contributed by atoms with Crippen molar-refractivity contribution >= 4 is 21.7 Å². The van der Waals surface area contributed by atoms with E-state index in [0.29, 0.717) is 11.5 Å². The fraction of sp³-hybridized carbons (Fsp3) is 0.300. The minimum absolute atomic E-state index is 0.0106. The number of sulfonamides is 1. The molecule has 0 heterocycles. The van der Waals surface area contributed by atoms with Crippen molar-refractivity contribution in [3.8, 4) is 11.5 Å². The Morgan fingerprint density at radius 2 is 1.67 bits per heavy atom. The van der Waals surface area contributed by atoms with E-state index in [1.54, 1.807) is 25.1 Å². The van der Waals surface area contributed by atoms with Crippen LogP contribution in [-0.4, -0.2) is 45.7 Å². The van der Waals surface area contributed by atoms with E-state index in [2.05, 4.69) is 9.51 Å². The molecule has 0 amide bonds. The number of hydrogen-bond acceptors (Lipinski definition) is 6. The summed E-state index contributed by atoms with van der Waals surface area (Å²) < 4.78 is 43.7. The van der Waals surface area contributed by atoms with Gasteiger partial charge in [-0.15, -0.1) is 0 Å². The second-order valence-electron chi connectivity index (χ2n) is 6.22. The minimum Gasteiger partial charge on any atom is -0.497 e. The molecule has 0 aromatic heterocycles. The monoisotopic (exact) mass is 433 g/mol. The summed E-state index contributed by atoms with van der Waals surface area (Å²) in [6.45, 7) is 3.41. The highest BCUT2D eigenvalue weighted by molar-refractivity contribution is 7.89. The van der Waals surface area contributed by atoms with Gasteiger partial charge in [-0.25, -0.2) is 13.2 Å². The van der Waals surface area contributed by atoms with Crippen molar-refractivity contribution in [2.45, 2.75) is 24.8 Å². The van der Waals surface area contributed by atoms with Gasteiger partial charge in [0.05, 0.1) is 25.7 Å². The lowest BCUT2D eigenvalue weighted by atomic mass is 10.0. The standard InChI is InChI=1S/C20H23N3O6S/c1-5-29-20(24)19(22-21)18(14-10-15(27-3)12-16(11-14)28-4)23-30(25,26)17-8-6-13(2)7-9-17/h6-12,18,23H,5H2,1-4H3. The summed E-state index contributed by atoms with van der Waals surface area (Å²) in [6, 6.07) is 9.35. The molecule has 10 heteroatoms. The molecule has 0 radical (unpaired) electrons. The molecular formula is C20H23N3O6S. The van der Waals surface area contributed by atoms with Crippen molar-refractivity contribution in [3.63, 3.8) is 0 Å². The quantitative estimate of drug-likeness (QED) is 0.280. The maximum atomic E-state index is 13.0. The molecular weight excluding hydrogens is 410 g/mol. The molecule has 0 saturated heterocycles. The third-order valence-electron chi connectivity index (χ3n) is 4.18. The largest absolute Gasteiger partial charge is 0.497 e. The van der Waals surface area contributed by atoms with Crippen molar-refractivity contribution in [1.82, 2.24) is 4.72 Å². The van der Waals surface area contributed by atoms with Gasteiger partial charge in [-0.3, -0.25) is 0 Å². The molecule has 0 saturated carbocycles. The summed E-state index contributed by atoms with van der Waals surface area (Å²) >= 11 is 0. The maximum Gasteiger partial charge on any atom is 0.419 e. The second-order valence-corrected chi connectivity index (χ2v) is 7.93. The first-order valence-corrected chi connectivity index (χ1v) is 10.4. The van der Waals surface area contributed by atoms with Gasteiger partial charge in [-0.05, 0) is 43.7 Å². The summed E-state index contributed by atoms with van der Waals surface area (Å²) in [5.41, 5.74) is 10.1.